The first-order valence-corrected chi connectivity index (χ1v) is 12.1. The molecule has 182 valence electrons. The van der Waals surface area contributed by atoms with Crippen LogP contribution in [0.2, 0.25) is 10.2 Å². The van der Waals surface area contributed by atoms with E-state index in [2.05, 4.69) is 20.3 Å². The Hall–Kier alpha value is -3.69. The molecule has 36 heavy (non-hydrogen) atoms. The van der Waals surface area contributed by atoms with Crippen LogP contribution in [0.4, 0.5) is 10.2 Å². The minimum atomic E-state index is -0.631. The van der Waals surface area contributed by atoms with Crippen LogP contribution >= 0.6 is 23.2 Å². The van der Waals surface area contributed by atoms with E-state index < -0.39 is 11.9 Å². The average Bonchev–Trinajstić information content (AvgIpc) is 3.48. The Bertz CT molecular complexity index is 1630. The maximum atomic E-state index is 15.2. The van der Waals surface area contributed by atoms with Crippen LogP contribution < -0.4 is 16.6 Å². The lowest BCUT2D eigenvalue weighted by molar-refractivity contribution is 0.0952. The molecule has 4 aromatic rings. The number of imidazole rings is 1. The molecule has 8 nitrogen and oxygen atoms in total. The SMILES string of the molecule is Nc1ccc(-c2cnc([C@H]3CCc4c5c(cc(=O)n43)-c3c(ccc(Cl)c3F)CCNC5=O)[nH]2)c(Cl)n1. The minimum Gasteiger partial charge on any atom is -0.384 e. The van der Waals surface area contributed by atoms with E-state index in [9.17, 15) is 9.59 Å². The van der Waals surface area contributed by atoms with Gasteiger partial charge in [-0.05, 0) is 43.0 Å². The number of hydrogen-bond acceptors (Lipinski definition) is 5. The van der Waals surface area contributed by atoms with Gasteiger partial charge in [0, 0.05) is 35.0 Å². The highest BCUT2D eigenvalue weighted by Crippen LogP contribution is 2.39. The minimum absolute atomic E-state index is 0.0573. The summed E-state index contributed by atoms with van der Waals surface area (Å²) in [5.74, 6) is -0.138. The third-order valence-electron chi connectivity index (χ3n) is 6.75. The van der Waals surface area contributed by atoms with Crippen molar-refractivity contribution >= 4 is 34.9 Å². The van der Waals surface area contributed by atoms with Gasteiger partial charge in [-0.2, -0.15) is 0 Å². The molecule has 0 saturated heterocycles. The normalized spacial score (nSPS) is 16.5. The average molecular weight is 525 g/mol. The lowest BCUT2D eigenvalue weighted by Crippen LogP contribution is -2.33. The van der Waals surface area contributed by atoms with Crippen LogP contribution in [0, 0.1) is 5.82 Å². The van der Waals surface area contributed by atoms with Gasteiger partial charge < -0.3 is 20.6 Å². The molecule has 2 aliphatic heterocycles. The summed E-state index contributed by atoms with van der Waals surface area (Å²) in [7, 11) is 0. The third-order valence-corrected chi connectivity index (χ3v) is 7.33. The highest BCUT2D eigenvalue weighted by Gasteiger charge is 2.34. The second-order valence-corrected chi connectivity index (χ2v) is 9.57. The number of nitrogens with two attached hydrogens (primary N) is 1. The molecular formula is C25H19Cl2FN6O2. The van der Waals surface area contributed by atoms with E-state index in [1.807, 2.05) is 0 Å². The van der Waals surface area contributed by atoms with Gasteiger partial charge in [-0.3, -0.25) is 9.59 Å². The summed E-state index contributed by atoms with van der Waals surface area (Å²) in [6.07, 6.45) is 3.01. The Kier molecular flexibility index (Phi) is 5.35. The molecule has 0 aliphatic carbocycles. The van der Waals surface area contributed by atoms with Crippen molar-refractivity contribution in [3.8, 4) is 22.4 Å². The molecule has 3 aromatic heterocycles. The molecule has 1 atom stereocenters. The zero-order valence-electron chi connectivity index (χ0n) is 18.7. The molecule has 0 saturated carbocycles. The van der Waals surface area contributed by atoms with Gasteiger partial charge >= 0.3 is 0 Å². The van der Waals surface area contributed by atoms with Crippen molar-refractivity contribution in [3.05, 3.63) is 85.5 Å². The number of fused-ring (bicyclic) bond motifs is 5. The highest BCUT2D eigenvalue weighted by atomic mass is 35.5. The van der Waals surface area contributed by atoms with Crippen molar-refractivity contribution in [1.29, 1.82) is 0 Å². The number of aromatic amines is 1. The zero-order valence-corrected chi connectivity index (χ0v) is 20.3. The van der Waals surface area contributed by atoms with Crippen molar-refractivity contribution in [2.75, 3.05) is 12.3 Å². The number of hydrogen-bond donors (Lipinski definition) is 3. The van der Waals surface area contributed by atoms with Crippen LogP contribution in [-0.2, 0) is 12.8 Å². The summed E-state index contributed by atoms with van der Waals surface area (Å²) < 4.78 is 16.8. The number of carbonyl (C=O) groups excluding carboxylic acids is 1. The molecule has 0 bridgehead atoms. The molecule has 5 heterocycles. The van der Waals surface area contributed by atoms with Gasteiger partial charge in [-0.1, -0.05) is 29.3 Å². The van der Waals surface area contributed by atoms with Gasteiger partial charge in [-0.25, -0.2) is 14.4 Å². The summed E-state index contributed by atoms with van der Waals surface area (Å²) in [5, 5.41) is 3.06. The van der Waals surface area contributed by atoms with Gasteiger partial charge in [0.1, 0.15) is 22.6 Å². The van der Waals surface area contributed by atoms with E-state index in [1.165, 1.54) is 12.1 Å². The number of pyridine rings is 2. The van der Waals surface area contributed by atoms with E-state index in [0.29, 0.717) is 60.0 Å². The first-order valence-electron chi connectivity index (χ1n) is 11.3. The predicted octanol–water partition coefficient (Wildman–Crippen LogP) is 4.15. The van der Waals surface area contributed by atoms with Crippen LogP contribution in [0.5, 0.6) is 0 Å². The standard InChI is InChI=1S/C25H19Cl2FN6O2/c26-14-3-1-11-7-8-30-25(36)21-13(20(11)22(14)28)9-19(35)34-16(21)4-5-17(34)24-31-10-15(32-24)12-2-6-18(29)33-23(12)27/h1-3,6,9-10,17H,4-5,7-8H2,(H2,29,33)(H,30,36)(H,31,32)/t17-/m1/s1. The molecule has 0 radical (unpaired) electrons. The van der Waals surface area contributed by atoms with Crippen LogP contribution in [0.25, 0.3) is 22.4 Å². The van der Waals surface area contributed by atoms with Crippen molar-refractivity contribution in [2.24, 2.45) is 0 Å². The summed E-state index contributed by atoms with van der Waals surface area (Å²) in [6, 6.07) is 7.49. The van der Waals surface area contributed by atoms with E-state index in [1.54, 1.807) is 29.0 Å². The molecule has 2 aliphatic rings. The second-order valence-electron chi connectivity index (χ2n) is 8.80. The number of rotatable bonds is 2. The van der Waals surface area contributed by atoms with Gasteiger partial charge in [0.25, 0.3) is 11.5 Å². The fraction of sp³-hybridized carbons (Fsp3) is 0.200. The smallest absolute Gasteiger partial charge is 0.253 e. The largest absolute Gasteiger partial charge is 0.384 e. The van der Waals surface area contributed by atoms with Gasteiger partial charge in [-0.15, -0.1) is 0 Å². The zero-order chi connectivity index (χ0) is 25.1. The van der Waals surface area contributed by atoms with Gasteiger partial charge in [0.05, 0.1) is 28.5 Å². The second kappa shape index (κ2) is 8.46. The van der Waals surface area contributed by atoms with Crippen molar-refractivity contribution in [3.63, 3.8) is 0 Å². The third kappa shape index (κ3) is 3.50. The molecule has 6 rings (SSSR count). The summed E-state index contributed by atoms with van der Waals surface area (Å²) in [5.41, 5.74) is 8.57. The topological polar surface area (TPSA) is 119 Å². The Morgan fingerprint density at radius 1 is 1.08 bits per heavy atom. The molecule has 1 amide bonds. The van der Waals surface area contributed by atoms with Crippen LogP contribution in [0.3, 0.4) is 0 Å². The van der Waals surface area contributed by atoms with Gasteiger partial charge in [0.15, 0.2) is 0 Å². The number of halogens is 3. The number of H-pyrrole nitrogens is 1. The predicted molar refractivity (Wildman–Crippen MR) is 135 cm³/mol. The van der Waals surface area contributed by atoms with Gasteiger partial charge in [0.2, 0.25) is 0 Å². The van der Waals surface area contributed by atoms with Crippen LogP contribution in [0.15, 0.2) is 41.3 Å². The van der Waals surface area contributed by atoms with E-state index in [-0.39, 0.29) is 38.3 Å². The lowest BCUT2D eigenvalue weighted by Gasteiger charge is -2.22. The molecule has 1 aromatic carbocycles. The quantitative estimate of drug-likeness (QED) is 0.340. The van der Waals surface area contributed by atoms with Crippen molar-refractivity contribution < 1.29 is 9.18 Å². The number of carbonyl (C=O) groups is 1. The first kappa shape index (κ1) is 22.8. The Morgan fingerprint density at radius 3 is 2.72 bits per heavy atom. The maximum Gasteiger partial charge on any atom is 0.253 e. The highest BCUT2D eigenvalue weighted by molar-refractivity contribution is 6.32. The van der Waals surface area contributed by atoms with E-state index in [0.717, 1.165) is 0 Å². The Labute approximate surface area is 214 Å². The summed E-state index contributed by atoms with van der Waals surface area (Å²) >= 11 is 12.3. The number of aromatic nitrogens is 4. The monoisotopic (exact) mass is 524 g/mol. The van der Waals surface area contributed by atoms with Crippen LogP contribution in [-0.4, -0.2) is 32.0 Å². The lowest BCUT2D eigenvalue weighted by atomic mass is 9.90. The number of anilines is 1. The van der Waals surface area contributed by atoms with E-state index in [4.69, 9.17) is 28.9 Å². The molecule has 0 fully saturated rings. The number of amides is 1. The van der Waals surface area contributed by atoms with E-state index >= 15 is 4.39 Å². The fourth-order valence-electron chi connectivity index (χ4n) is 5.15. The van der Waals surface area contributed by atoms with Crippen molar-refractivity contribution in [1.82, 2.24) is 24.8 Å². The first-order chi connectivity index (χ1) is 17.3. The number of nitrogen functional groups attached to an aromatic ring is 1. The Balaban J connectivity index is 1.50. The van der Waals surface area contributed by atoms with Crippen LogP contribution in [0.1, 0.15) is 39.9 Å². The summed E-state index contributed by atoms with van der Waals surface area (Å²) in [6.45, 7) is 0.340. The number of nitrogens with zero attached hydrogens (tertiary/aromatic N) is 3. The number of nitrogens with one attached hydrogen (secondary N) is 2. The Morgan fingerprint density at radius 2 is 1.92 bits per heavy atom. The molecular weight excluding hydrogens is 506 g/mol. The summed E-state index contributed by atoms with van der Waals surface area (Å²) in [4.78, 5) is 38.4. The maximum absolute atomic E-state index is 15.2. The molecule has 11 heteroatoms. The van der Waals surface area contributed by atoms with Crippen molar-refractivity contribution in [2.45, 2.75) is 25.3 Å². The molecule has 4 N–H and O–H groups in total. The fourth-order valence-corrected chi connectivity index (χ4v) is 5.57. The number of benzene rings is 1. The molecule has 0 unspecified atom stereocenters. The molecule has 0 spiro atoms.